The highest BCUT2D eigenvalue weighted by Crippen LogP contribution is 2.37. The van der Waals surface area contributed by atoms with Gasteiger partial charge in [0.1, 0.15) is 11.4 Å². The molecule has 5 rings (SSSR count). The first-order valence-electron chi connectivity index (χ1n) is 9.56. The lowest BCUT2D eigenvalue weighted by atomic mass is 9.95. The molecule has 2 heterocycles. The first-order chi connectivity index (χ1) is 13.2. The Morgan fingerprint density at radius 1 is 1.07 bits per heavy atom. The second-order valence-electron chi connectivity index (χ2n) is 7.36. The fourth-order valence-electron chi connectivity index (χ4n) is 4.24. The summed E-state index contributed by atoms with van der Waals surface area (Å²) < 4.78 is 8.49. The van der Waals surface area contributed by atoms with Crippen molar-refractivity contribution in [3.05, 3.63) is 54.1 Å². The lowest BCUT2D eigenvalue weighted by Crippen LogP contribution is -2.14. The maximum atomic E-state index is 7.73. The van der Waals surface area contributed by atoms with Gasteiger partial charge in [-0.1, -0.05) is 37.5 Å². The molecule has 0 atom stereocenters. The summed E-state index contributed by atoms with van der Waals surface area (Å²) in [5, 5.41) is 8.81. The number of furan rings is 1. The number of nitrogens with one attached hydrogen (secondary N) is 1. The number of amidine groups is 1. The maximum absolute atomic E-state index is 7.73. The van der Waals surface area contributed by atoms with Gasteiger partial charge in [-0.2, -0.15) is 0 Å². The largest absolute Gasteiger partial charge is 0.453 e. The van der Waals surface area contributed by atoms with Gasteiger partial charge in [0.05, 0.1) is 11.0 Å². The third kappa shape index (κ3) is 2.70. The van der Waals surface area contributed by atoms with Crippen LogP contribution in [0, 0.1) is 5.41 Å². The summed E-state index contributed by atoms with van der Waals surface area (Å²) >= 11 is 0. The van der Waals surface area contributed by atoms with Crippen LogP contribution in [-0.4, -0.2) is 15.4 Å². The van der Waals surface area contributed by atoms with Gasteiger partial charge in [-0.15, -0.1) is 0 Å². The monoisotopic (exact) mass is 358 g/mol. The third-order valence-electron chi connectivity index (χ3n) is 5.59. The van der Waals surface area contributed by atoms with Gasteiger partial charge in [0, 0.05) is 17.0 Å². The first kappa shape index (κ1) is 16.1. The molecule has 27 heavy (non-hydrogen) atoms. The summed E-state index contributed by atoms with van der Waals surface area (Å²) in [7, 11) is 0. The average molecular weight is 358 g/mol. The van der Waals surface area contributed by atoms with Crippen molar-refractivity contribution in [2.24, 2.45) is 5.73 Å². The second-order valence-corrected chi connectivity index (χ2v) is 7.36. The van der Waals surface area contributed by atoms with E-state index in [9.17, 15) is 0 Å². The number of hydrogen-bond acceptors (Lipinski definition) is 3. The number of nitrogens with two attached hydrogens (primary N) is 1. The Kier molecular flexibility index (Phi) is 3.74. The quantitative estimate of drug-likeness (QED) is 0.388. The highest BCUT2D eigenvalue weighted by molar-refractivity contribution is 5.98. The van der Waals surface area contributed by atoms with Crippen LogP contribution in [0.1, 0.15) is 43.7 Å². The van der Waals surface area contributed by atoms with E-state index in [2.05, 4.69) is 16.7 Å². The Hall–Kier alpha value is -3.08. The Morgan fingerprint density at radius 3 is 2.67 bits per heavy atom. The molecule has 0 unspecified atom stereocenters. The minimum atomic E-state index is 0.0643. The number of hydrogen-bond donors (Lipinski definition) is 2. The van der Waals surface area contributed by atoms with Crippen LogP contribution in [0.15, 0.2) is 52.9 Å². The predicted octanol–water partition coefficient (Wildman–Crippen LogP) is 5.24. The predicted molar refractivity (Wildman–Crippen MR) is 108 cm³/mol. The molecule has 136 valence electrons. The van der Waals surface area contributed by atoms with E-state index < -0.39 is 0 Å². The standard InChI is InChI=1S/C22H22N4O/c23-21(24)15-10-11-18-17(12-15)25-22(26(18)16-7-2-1-3-8-16)20-13-14-6-4-5-9-19(14)27-20/h4-6,9-13,16H,1-3,7-8H2,(H3,23,24). The van der Waals surface area contributed by atoms with E-state index >= 15 is 0 Å². The topological polar surface area (TPSA) is 80.8 Å². The van der Waals surface area contributed by atoms with Crippen LogP contribution in [0.2, 0.25) is 0 Å². The highest BCUT2D eigenvalue weighted by atomic mass is 16.3. The van der Waals surface area contributed by atoms with Crippen molar-refractivity contribution in [2.75, 3.05) is 0 Å². The SMILES string of the molecule is N=C(N)c1ccc2c(c1)nc(-c1cc3ccccc3o1)n2C1CCCCC1. The molecule has 1 fully saturated rings. The van der Waals surface area contributed by atoms with Crippen molar-refractivity contribution in [1.82, 2.24) is 9.55 Å². The van der Waals surface area contributed by atoms with E-state index in [0.717, 1.165) is 46.4 Å². The summed E-state index contributed by atoms with van der Waals surface area (Å²) in [6, 6.07) is 16.4. The fraction of sp³-hybridized carbons (Fsp3) is 0.273. The van der Waals surface area contributed by atoms with Crippen molar-refractivity contribution >= 4 is 27.8 Å². The number of rotatable bonds is 3. The molecular weight excluding hydrogens is 336 g/mol. The molecule has 4 aromatic rings. The van der Waals surface area contributed by atoms with Crippen molar-refractivity contribution in [3.8, 4) is 11.6 Å². The van der Waals surface area contributed by atoms with Gasteiger partial charge in [-0.05, 0) is 43.2 Å². The van der Waals surface area contributed by atoms with Crippen LogP contribution in [0.5, 0.6) is 0 Å². The van der Waals surface area contributed by atoms with Gasteiger partial charge in [0.15, 0.2) is 11.6 Å². The Balaban J connectivity index is 1.74. The van der Waals surface area contributed by atoms with E-state index in [1.165, 1.54) is 19.3 Å². The minimum absolute atomic E-state index is 0.0643. The molecule has 0 amide bonds. The lowest BCUT2D eigenvalue weighted by molar-refractivity contribution is 0.360. The number of aromatic nitrogens is 2. The van der Waals surface area contributed by atoms with Crippen molar-refractivity contribution in [1.29, 1.82) is 5.41 Å². The smallest absolute Gasteiger partial charge is 0.177 e. The maximum Gasteiger partial charge on any atom is 0.177 e. The molecule has 1 aliphatic rings. The summed E-state index contributed by atoms with van der Waals surface area (Å²) in [4.78, 5) is 4.91. The third-order valence-corrected chi connectivity index (χ3v) is 5.59. The molecule has 1 aliphatic carbocycles. The van der Waals surface area contributed by atoms with Crippen LogP contribution in [0.4, 0.5) is 0 Å². The van der Waals surface area contributed by atoms with Crippen LogP contribution in [-0.2, 0) is 0 Å². The van der Waals surface area contributed by atoms with Crippen LogP contribution in [0.3, 0.4) is 0 Å². The van der Waals surface area contributed by atoms with Gasteiger partial charge >= 0.3 is 0 Å². The van der Waals surface area contributed by atoms with Crippen molar-refractivity contribution in [2.45, 2.75) is 38.1 Å². The van der Waals surface area contributed by atoms with Crippen LogP contribution >= 0.6 is 0 Å². The highest BCUT2D eigenvalue weighted by Gasteiger charge is 2.24. The van der Waals surface area contributed by atoms with Gasteiger partial charge in [-0.25, -0.2) is 4.98 Å². The second kappa shape index (κ2) is 6.27. The van der Waals surface area contributed by atoms with Crippen LogP contribution < -0.4 is 5.73 Å². The molecule has 2 aromatic heterocycles. The Bertz CT molecular complexity index is 1110. The first-order valence-corrected chi connectivity index (χ1v) is 9.56. The van der Waals surface area contributed by atoms with E-state index in [1.807, 2.05) is 36.4 Å². The fourth-order valence-corrected chi connectivity index (χ4v) is 4.24. The molecule has 5 nitrogen and oxygen atoms in total. The number of nitrogen functional groups attached to an aromatic ring is 1. The summed E-state index contributed by atoms with van der Waals surface area (Å²) in [6.45, 7) is 0. The van der Waals surface area contributed by atoms with Gasteiger partial charge in [-0.3, -0.25) is 5.41 Å². The zero-order valence-electron chi connectivity index (χ0n) is 15.1. The molecule has 0 bridgehead atoms. The van der Waals surface area contributed by atoms with Gasteiger partial charge in [0.2, 0.25) is 0 Å². The molecular formula is C22H22N4O. The van der Waals surface area contributed by atoms with Crippen LogP contribution in [0.25, 0.3) is 33.6 Å². The number of benzene rings is 2. The molecule has 0 radical (unpaired) electrons. The average Bonchev–Trinajstić information content (AvgIpc) is 3.29. The zero-order valence-corrected chi connectivity index (χ0v) is 15.1. The summed E-state index contributed by atoms with van der Waals surface area (Å²) in [5.41, 5.74) is 9.21. The zero-order chi connectivity index (χ0) is 18.4. The van der Waals surface area contributed by atoms with E-state index in [1.54, 1.807) is 0 Å². The van der Waals surface area contributed by atoms with E-state index in [0.29, 0.717) is 11.6 Å². The molecule has 1 saturated carbocycles. The molecule has 0 saturated heterocycles. The molecule has 0 spiro atoms. The molecule has 2 aromatic carbocycles. The number of fused-ring (bicyclic) bond motifs is 2. The van der Waals surface area contributed by atoms with Gasteiger partial charge < -0.3 is 14.7 Å². The molecule has 0 aliphatic heterocycles. The number of imidazole rings is 1. The summed E-state index contributed by atoms with van der Waals surface area (Å²) in [5.74, 6) is 1.73. The number of nitrogens with zero attached hydrogens (tertiary/aromatic N) is 2. The van der Waals surface area contributed by atoms with E-state index in [-0.39, 0.29) is 5.84 Å². The van der Waals surface area contributed by atoms with Crippen molar-refractivity contribution < 1.29 is 4.42 Å². The normalized spacial score (nSPS) is 15.6. The Morgan fingerprint density at radius 2 is 1.89 bits per heavy atom. The minimum Gasteiger partial charge on any atom is -0.453 e. The molecule has 5 heteroatoms. The lowest BCUT2D eigenvalue weighted by Gasteiger charge is -2.25. The molecule has 3 N–H and O–H groups in total. The Labute approximate surface area is 157 Å². The van der Waals surface area contributed by atoms with Gasteiger partial charge in [0.25, 0.3) is 0 Å². The van der Waals surface area contributed by atoms with Crippen molar-refractivity contribution in [3.63, 3.8) is 0 Å². The number of para-hydroxylation sites is 1. The summed E-state index contributed by atoms with van der Waals surface area (Å²) in [6.07, 6.45) is 6.11. The van der Waals surface area contributed by atoms with E-state index in [4.69, 9.17) is 20.5 Å².